The second-order valence-electron chi connectivity index (χ2n) is 9.30. The Hall–Kier alpha value is -4.48. The number of aromatic nitrogens is 4. The third-order valence-corrected chi connectivity index (χ3v) is 6.74. The number of carbonyl (C=O) groups is 1. The Kier molecular flexibility index (Phi) is 6.02. The van der Waals surface area contributed by atoms with Gasteiger partial charge in [0.15, 0.2) is 0 Å². The molecule has 5 rings (SSSR count). The highest BCUT2D eigenvalue weighted by Gasteiger charge is 2.21. The zero-order chi connectivity index (χ0) is 26.3. The number of carbonyl (C=O) groups excluding carboxylic acids is 1. The highest BCUT2D eigenvalue weighted by atomic mass is 35.5. The Morgan fingerprint density at radius 1 is 1.05 bits per heavy atom. The molecule has 3 aromatic heterocycles. The number of halogens is 1. The molecule has 3 heterocycles. The summed E-state index contributed by atoms with van der Waals surface area (Å²) >= 11 is 5.55. The number of aryl methyl sites for hydroxylation is 1. The molecule has 0 bridgehead atoms. The SMILES string of the molecule is Cn1c(=O)n(-c2ccc(C(C)(C)C#N)cc2)c2c3cc(-c4ccc(NC(=O)CCl)nc4)ccc3ncc21. The number of nitriles is 1. The molecule has 5 aromatic rings. The van der Waals surface area contributed by atoms with Gasteiger partial charge in [-0.1, -0.05) is 18.2 Å². The zero-order valence-corrected chi connectivity index (χ0v) is 21.2. The van der Waals surface area contributed by atoms with Crippen molar-refractivity contribution in [3.05, 3.63) is 83.0 Å². The minimum atomic E-state index is -0.635. The number of imidazole rings is 1. The largest absolute Gasteiger partial charge is 0.333 e. The van der Waals surface area contributed by atoms with Crippen molar-refractivity contribution >= 4 is 45.3 Å². The van der Waals surface area contributed by atoms with Crippen LogP contribution in [0, 0.1) is 11.3 Å². The molecule has 1 N–H and O–H groups in total. The van der Waals surface area contributed by atoms with Crippen LogP contribution in [0.3, 0.4) is 0 Å². The lowest BCUT2D eigenvalue weighted by atomic mass is 9.86. The van der Waals surface area contributed by atoms with Gasteiger partial charge in [0.1, 0.15) is 11.7 Å². The van der Waals surface area contributed by atoms with Crippen LogP contribution >= 0.6 is 11.6 Å². The van der Waals surface area contributed by atoms with Gasteiger partial charge < -0.3 is 5.32 Å². The lowest BCUT2D eigenvalue weighted by Gasteiger charge is -2.16. The Labute approximate surface area is 217 Å². The Balaban J connectivity index is 1.66. The number of amides is 1. The molecule has 9 heteroatoms. The van der Waals surface area contributed by atoms with Crippen LogP contribution in [0.25, 0.3) is 38.8 Å². The Morgan fingerprint density at radius 2 is 1.78 bits per heavy atom. The fourth-order valence-electron chi connectivity index (χ4n) is 4.32. The van der Waals surface area contributed by atoms with E-state index in [4.69, 9.17) is 11.6 Å². The lowest BCUT2D eigenvalue weighted by Crippen LogP contribution is -2.21. The minimum Gasteiger partial charge on any atom is -0.310 e. The average molecular weight is 511 g/mol. The van der Waals surface area contributed by atoms with Gasteiger partial charge in [-0.3, -0.25) is 18.9 Å². The fraction of sp³-hybridized carbons (Fsp3) is 0.179. The molecule has 8 nitrogen and oxygen atoms in total. The van der Waals surface area contributed by atoms with Crippen molar-refractivity contribution in [3.63, 3.8) is 0 Å². The van der Waals surface area contributed by atoms with E-state index in [1.807, 2.05) is 62.4 Å². The summed E-state index contributed by atoms with van der Waals surface area (Å²) in [5.41, 5.74) is 4.67. The maximum absolute atomic E-state index is 13.4. The fourth-order valence-corrected chi connectivity index (χ4v) is 4.39. The van der Waals surface area contributed by atoms with Crippen LogP contribution in [0.4, 0.5) is 5.82 Å². The molecule has 0 spiro atoms. The van der Waals surface area contributed by atoms with Gasteiger partial charge in [-0.05, 0) is 61.4 Å². The number of hydrogen-bond donors (Lipinski definition) is 1. The number of hydrogen-bond acceptors (Lipinski definition) is 5. The van der Waals surface area contributed by atoms with Crippen molar-refractivity contribution < 1.29 is 4.79 Å². The normalized spacial score (nSPS) is 11.5. The van der Waals surface area contributed by atoms with Gasteiger partial charge in [-0.2, -0.15) is 5.26 Å². The van der Waals surface area contributed by atoms with E-state index in [1.165, 1.54) is 0 Å². The van der Waals surface area contributed by atoms with Gasteiger partial charge in [0.05, 0.1) is 39.9 Å². The quantitative estimate of drug-likeness (QED) is 0.338. The highest BCUT2D eigenvalue weighted by Crippen LogP contribution is 2.30. The van der Waals surface area contributed by atoms with Crippen molar-refractivity contribution in [2.45, 2.75) is 19.3 Å². The third-order valence-electron chi connectivity index (χ3n) is 6.50. The van der Waals surface area contributed by atoms with Crippen molar-refractivity contribution in [2.75, 3.05) is 11.2 Å². The number of anilines is 1. The van der Waals surface area contributed by atoms with Crippen LogP contribution in [-0.2, 0) is 17.3 Å². The molecule has 0 unspecified atom stereocenters. The van der Waals surface area contributed by atoms with Gasteiger partial charge >= 0.3 is 5.69 Å². The molecule has 0 aliphatic heterocycles. The van der Waals surface area contributed by atoms with Gasteiger partial charge in [0.25, 0.3) is 0 Å². The Bertz CT molecular complexity index is 1760. The molecule has 2 aromatic carbocycles. The summed E-state index contributed by atoms with van der Waals surface area (Å²) in [6.45, 7) is 3.72. The predicted molar refractivity (Wildman–Crippen MR) is 145 cm³/mol. The van der Waals surface area contributed by atoms with Crippen molar-refractivity contribution in [2.24, 2.45) is 7.05 Å². The van der Waals surface area contributed by atoms with E-state index in [1.54, 1.807) is 34.6 Å². The van der Waals surface area contributed by atoms with E-state index < -0.39 is 5.41 Å². The number of alkyl halides is 1. The van der Waals surface area contributed by atoms with Crippen LogP contribution < -0.4 is 11.0 Å². The van der Waals surface area contributed by atoms with Crippen molar-refractivity contribution in [1.29, 1.82) is 5.26 Å². The topological polar surface area (TPSA) is 106 Å². The monoisotopic (exact) mass is 510 g/mol. The molecule has 0 fully saturated rings. The van der Waals surface area contributed by atoms with Crippen LogP contribution in [-0.4, -0.2) is 30.9 Å². The molecule has 0 saturated carbocycles. The van der Waals surface area contributed by atoms with E-state index in [0.29, 0.717) is 17.0 Å². The van der Waals surface area contributed by atoms with E-state index in [-0.39, 0.29) is 17.5 Å². The van der Waals surface area contributed by atoms with Gasteiger partial charge in [-0.15, -0.1) is 11.6 Å². The molecule has 0 aliphatic carbocycles. The Morgan fingerprint density at radius 3 is 2.43 bits per heavy atom. The van der Waals surface area contributed by atoms with Crippen molar-refractivity contribution in [1.82, 2.24) is 19.1 Å². The van der Waals surface area contributed by atoms with Crippen molar-refractivity contribution in [3.8, 4) is 22.9 Å². The molecule has 0 radical (unpaired) electrons. The standard InChI is InChI=1S/C28H23ClN6O2/c1-28(2,16-30)19-6-8-20(9-7-19)35-26-21-12-17(18-5-11-24(32-14-18)33-25(36)13-29)4-10-22(21)31-15-23(26)34(3)27(35)37/h4-12,14-15H,13H2,1-3H3,(H,32,33,36). The molecule has 0 aliphatic rings. The number of nitrogens with one attached hydrogen (secondary N) is 1. The first-order valence-electron chi connectivity index (χ1n) is 11.6. The summed E-state index contributed by atoms with van der Waals surface area (Å²) in [6, 6.07) is 19.2. The molecule has 0 saturated heterocycles. The summed E-state index contributed by atoms with van der Waals surface area (Å²) in [4.78, 5) is 33.8. The third kappa shape index (κ3) is 4.24. The van der Waals surface area contributed by atoms with E-state index in [9.17, 15) is 14.9 Å². The maximum atomic E-state index is 13.4. The molecular weight excluding hydrogens is 488 g/mol. The van der Waals surface area contributed by atoms with E-state index in [0.717, 1.165) is 33.1 Å². The first-order valence-corrected chi connectivity index (χ1v) is 12.1. The van der Waals surface area contributed by atoms with E-state index >= 15 is 0 Å². The van der Waals surface area contributed by atoms with Crippen LogP contribution in [0.2, 0.25) is 0 Å². The highest BCUT2D eigenvalue weighted by molar-refractivity contribution is 6.29. The lowest BCUT2D eigenvalue weighted by molar-refractivity contribution is -0.113. The summed E-state index contributed by atoms with van der Waals surface area (Å²) < 4.78 is 3.26. The van der Waals surface area contributed by atoms with Gasteiger partial charge in [-0.25, -0.2) is 9.78 Å². The number of pyridine rings is 2. The maximum Gasteiger partial charge on any atom is 0.333 e. The summed E-state index contributed by atoms with van der Waals surface area (Å²) in [6.07, 6.45) is 3.38. The van der Waals surface area contributed by atoms with Crippen LogP contribution in [0.5, 0.6) is 0 Å². The first kappa shape index (κ1) is 24.2. The first-order chi connectivity index (χ1) is 17.7. The summed E-state index contributed by atoms with van der Waals surface area (Å²) in [5.74, 6) is -0.0548. The minimum absolute atomic E-state index is 0.144. The smallest absolute Gasteiger partial charge is 0.310 e. The second-order valence-corrected chi connectivity index (χ2v) is 9.57. The van der Waals surface area contributed by atoms with Crippen LogP contribution in [0.15, 0.2) is 71.8 Å². The number of benzene rings is 2. The number of fused-ring (bicyclic) bond motifs is 3. The summed E-state index contributed by atoms with van der Waals surface area (Å²) in [5, 5.41) is 12.9. The van der Waals surface area contributed by atoms with Gasteiger partial charge in [0, 0.05) is 24.2 Å². The number of rotatable bonds is 5. The van der Waals surface area contributed by atoms with E-state index in [2.05, 4.69) is 21.4 Å². The molecular formula is C28H23ClN6O2. The summed E-state index contributed by atoms with van der Waals surface area (Å²) in [7, 11) is 1.73. The number of nitrogens with zero attached hydrogens (tertiary/aromatic N) is 5. The average Bonchev–Trinajstić information content (AvgIpc) is 3.18. The molecule has 184 valence electrons. The predicted octanol–water partition coefficient (Wildman–Crippen LogP) is 4.92. The zero-order valence-electron chi connectivity index (χ0n) is 20.5. The molecule has 37 heavy (non-hydrogen) atoms. The van der Waals surface area contributed by atoms with Crippen LogP contribution in [0.1, 0.15) is 19.4 Å². The molecule has 0 atom stereocenters. The van der Waals surface area contributed by atoms with Gasteiger partial charge in [0.2, 0.25) is 5.91 Å². The second kappa shape index (κ2) is 9.19. The molecule has 1 amide bonds.